The molecule has 24 heavy (non-hydrogen) atoms. The first-order valence-electron chi connectivity index (χ1n) is 7.88. The van der Waals surface area contributed by atoms with Crippen LogP contribution in [0.1, 0.15) is 24.1 Å². The first kappa shape index (κ1) is 15.3. The number of hydrogen-bond donors (Lipinski definition) is 0. The van der Waals surface area contributed by atoms with Crippen molar-refractivity contribution in [3.63, 3.8) is 0 Å². The average molecular weight is 344 g/mol. The van der Waals surface area contributed by atoms with Crippen molar-refractivity contribution in [2.75, 3.05) is 11.4 Å². The van der Waals surface area contributed by atoms with Gasteiger partial charge < -0.3 is 4.90 Å². The summed E-state index contributed by atoms with van der Waals surface area (Å²) in [5.41, 5.74) is 2.15. The zero-order valence-electron chi connectivity index (χ0n) is 12.8. The molecule has 0 spiro atoms. The van der Waals surface area contributed by atoms with Crippen molar-refractivity contribution >= 4 is 28.9 Å². The lowest BCUT2D eigenvalue weighted by Gasteiger charge is -2.23. The van der Waals surface area contributed by atoms with Gasteiger partial charge in [0, 0.05) is 23.3 Å². The van der Waals surface area contributed by atoms with E-state index < -0.39 is 12.2 Å². The number of alkyl halides is 1. The molecule has 2 aliphatic rings. The van der Waals surface area contributed by atoms with E-state index in [4.69, 9.17) is 11.6 Å². The van der Waals surface area contributed by atoms with E-state index in [0.29, 0.717) is 40.1 Å². The number of benzodiazepines with no additional fused rings is 1. The molecule has 0 bridgehead atoms. The van der Waals surface area contributed by atoms with Crippen LogP contribution in [0.5, 0.6) is 0 Å². The average Bonchev–Trinajstić information content (AvgIpc) is 3.42. The highest BCUT2D eigenvalue weighted by atomic mass is 35.5. The third-order valence-corrected chi connectivity index (χ3v) is 4.50. The van der Waals surface area contributed by atoms with Crippen molar-refractivity contribution in [3.05, 3.63) is 58.9 Å². The molecule has 1 unspecified atom stereocenters. The lowest BCUT2D eigenvalue weighted by Crippen LogP contribution is -2.37. The predicted molar refractivity (Wildman–Crippen MR) is 91.3 cm³/mol. The van der Waals surface area contributed by atoms with Gasteiger partial charge in [-0.25, -0.2) is 9.38 Å². The standard InChI is InChI=1S/C18H15ClFN3O/c19-12-6-7-15-13(9-12)16(14-3-1-2-8-21-14)22-17(20)18(24)23(15)10-11-4-5-11/h1-3,6-9,11,17H,4-5,10H2. The molecule has 1 fully saturated rings. The van der Waals surface area contributed by atoms with E-state index in [9.17, 15) is 9.18 Å². The summed E-state index contributed by atoms with van der Waals surface area (Å²) in [7, 11) is 0. The van der Waals surface area contributed by atoms with E-state index in [-0.39, 0.29) is 0 Å². The number of aromatic nitrogens is 1. The summed E-state index contributed by atoms with van der Waals surface area (Å²) in [4.78, 5) is 22.3. The summed E-state index contributed by atoms with van der Waals surface area (Å²) >= 11 is 6.15. The van der Waals surface area contributed by atoms with Gasteiger partial charge in [0.25, 0.3) is 12.2 Å². The van der Waals surface area contributed by atoms with E-state index in [0.717, 1.165) is 12.8 Å². The van der Waals surface area contributed by atoms with Crippen molar-refractivity contribution in [3.8, 4) is 0 Å². The van der Waals surface area contributed by atoms with E-state index in [2.05, 4.69) is 9.98 Å². The molecule has 1 aromatic heterocycles. The molecule has 4 rings (SSSR count). The number of pyridine rings is 1. The lowest BCUT2D eigenvalue weighted by molar-refractivity contribution is -0.123. The maximum atomic E-state index is 14.5. The number of amides is 1. The van der Waals surface area contributed by atoms with E-state index >= 15 is 0 Å². The van der Waals surface area contributed by atoms with Crippen LogP contribution in [0.4, 0.5) is 10.1 Å². The number of hydrogen-bond acceptors (Lipinski definition) is 3. The Morgan fingerprint density at radius 1 is 1.25 bits per heavy atom. The highest BCUT2D eigenvalue weighted by Gasteiger charge is 2.35. The fourth-order valence-corrected chi connectivity index (χ4v) is 3.04. The molecule has 0 N–H and O–H groups in total. The first-order valence-corrected chi connectivity index (χ1v) is 8.26. The van der Waals surface area contributed by atoms with Crippen LogP contribution in [-0.2, 0) is 4.79 Å². The monoisotopic (exact) mass is 343 g/mol. The second-order valence-corrected chi connectivity index (χ2v) is 6.52. The van der Waals surface area contributed by atoms with Crippen molar-refractivity contribution in [2.45, 2.75) is 19.1 Å². The van der Waals surface area contributed by atoms with Crippen LogP contribution in [0.15, 0.2) is 47.6 Å². The van der Waals surface area contributed by atoms with Gasteiger partial charge >= 0.3 is 0 Å². The molecule has 2 heterocycles. The van der Waals surface area contributed by atoms with Crippen LogP contribution in [-0.4, -0.2) is 29.4 Å². The number of carbonyl (C=O) groups excluding carboxylic acids is 1. The summed E-state index contributed by atoms with van der Waals surface area (Å²) < 4.78 is 14.5. The zero-order chi connectivity index (χ0) is 16.7. The molecule has 0 saturated heterocycles. The Hall–Kier alpha value is -2.27. The van der Waals surface area contributed by atoms with Gasteiger partial charge in [0.15, 0.2) is 0 Å². The molecule has 1 saturated carbocycles. The summed E-state index contributed by atoms with van der Waals surface area (Å²) in [6.07, 6.45) is 1.81. The maximum Gasteiger partial charge on any atom is 0.284 e. The number of rotatable bonds is 3. The molecule has 4 nitrogen and oxygen atoms in total. The number of nitrogens with zero attached hydrogens (tertiary/aromatic N) is 3. The number of carbonyl (C=O) groups is 1. The summed E-state index contributed by atoms with van der Waals surface area (Å²) in [5, 5.41) is 0.508. The number of fused-ring (bicyclic) bond motifs is 1. The van der Waals surface area contributed by atoms with E-state index in [1.54, 1.807) is 42.6 Å². The Labute approximate surface area is 144 Å². The Bertz CT molecular complexity index is 820. The SMILES string of the molecule is O=C1C(F)N=C(c2ccccn2)c2cc(Cl)ccc2N1CC1CC1. The van der Waals surface area contributed by atoms with E-state index in [1.165, 1.54) is 4.90 Å². The highest BCUT2D eigenvalue weighted by Crippen LogP contribution is 2.36. The summed E-state index contributed by atoms with van der Waals surface area (Å²) in [6.45, 7) is 0.513. The summed E-state index contributed by atoms with van der Waals surface area (Å²) in [5.74, 6) is -0.197. The van der Waals surface area contributed by atoms with Crippen LogP contribution in [0.2, 0.25) is 5.02 Å². The number of anilines is 1. The number of aliphatic imine (C=N–C) groups is 1. The van der Waals surface area contributed by atoms with Gasteiger partial charge in [-0.2, -0.15) is 0 Å². The number of halogens is 2. The molecule has 1 aromatic carbocycles. The van der Waals surface area contributed by atoms with E-state index in [1.807, 2.05) is 0 Å². The van der Waals surface area contributed by atoms with Gasteiger partial charge in [-0.05, 0) is 49.1 Å². The van der Waals surface area contributed by atoms with Gasteiger partial charge in [0.1, 0.15) is 0 Å². The third-order valence-electron chi connectivity index (χ3n) is 4.26. The second-order valence-electron chi connectivity index (χ2n) is 6.08. The second kappa shape index (κ2) is 5.98. The maximum absolute atomic E-state index is 14.5. The molecule has 1 atom stereocenters. The fourth-order valence-electron chi connectivity index (χ4n) is 2.87. The molecule has 1 aliphatic carbocycles. The minimum Gasteiger partial charge on any atom is -0.307 e. The largest absolute Gasteiger partial charge is 0.307 e. The predicted octanol–water partition coefficient (Wildman–Crippen LogP) is 3.62. The van der Waals surface area contributed by atoms with Gasteiger partial charge in [-0.3, -0.25) is 9.78 Å². The van der Waals surface area contributed by atoms with Crippen molar-refractivity contribution < 1.29 is 9.18 Å². The molecule has 2 aromatic rings. The topological polar surface area (TPSA) is 45.6 Å². The first-order chi connectivity index (χ1) is 11.6. The van der Waals surface area contributed by atoms with Gasteiger partial charge in [-0.1, -0.05) is 17.7 Å². The number of benzene rings is 1. The molecular formula is C18H15ClFN3O. The third kappa shape index (κ3) is 2.80. The van der Waals surface area contributed by atoms with Crippen molar-refractivity contribution in [1.82, 2.24) is 4.98 Å². The molecule has 1 amide bonds. The van der Waals surface area contributed by atoms with Crippen molar-refractivity contribution in [2.24, 2.45) is 10.9 Å². The minimum absolute atomic E-state index is 0.354. The Morgan fingerprint density at radius 3 is 2.79 bits per heavy atom. The van der Waals surface area contributed by atoms with Gasteiger partial charge in [0.05, 0.1) is 17.1 Å². The lowest BCUT2D eigenvalue weighted by atomic mass is 10.0. The zero-order valence-corrected chi connectivity index (χ0v) is 13.6. The summed E-state index contributed by atoms with van der Waals surface area (Å²) in [6, 6.07) is 10.5. The van der Waals surface area contributed by atoms with Crippen LogP contribution in [0, 0.1) is 5.92 Å². The quantitative estimate of drug-likeness (QED) is 0.799. The minimum atomic E-state index is -1.94. The molecule has 1 aliphatic heterocycles. The Morgan fingerprint density at radius 2 is 2.08 bits per heavy atom. The molecular weight excluding hydrogens is 329 g/mol. The van der Waals surface area contributed by atoms with Gasteiger partial charge in [-0.15, -0.1) is 0 Å². The Balaban J connectivity index is 1.89. The van der Waals surface area contributed by atoms with Gasteiger partial charge in [0.2, 0.25) is 0 Å². The molecule has 0 radical (unpaired) electrons. The fraction of sp³-hybridized carbons (Fsp3) is 0.278. The van der Waals surface area contributed by atoms with Crippen LogP contribution in [0.25, 0.3) is 0 Å². The van der Waals surface area contributed by atoms with Crippen LogP contribution < -0.4 is 4.90 Å². The normalized spacial score (nSPS) is 20.4. The highest BCUT2D eigenvalue weighted by molar-refractivity contribution is 6.32. The smallest absolute Gasteiger partial charge is 0.284 e. The van der Waals surface area contributed by atoms with Crippen LogP contribution >= 0.6 is 11.6 Å². The molecule has 6 heteroatoms. The molecule has 122 valence electrons. The van der Waals surface area contributed by atoms with Crippen molar-refractivity contribution in [1.29, 1.82) is 0 Å². The Kier molecular flexibility index (Phi) is 3.81. The van der Waals surface area contributed by atoms with Crippen LogP contribution in [0.3, 0.4) is 0 Å².